The van der Waals surface area contributed by atoms with E-state index in [0.717, 1.165) is 11.1 Å². The van der Waals surface area contributed by atoms with Crippen LogP contribution in [0.2, 0.25) is 0 Å². The Balaban J connectivity index is 1.84. The molecule has 0 saturated carbocycles. The molecule has 3 nitrogen and oxygen atoms in total. The number of ether oxygens (including phenoxy) is 1. The summed E-state index contributed by atoms with van der Waals surface area (Å²) in [5, 5.41) is 0. The summed E-state index contributed by atoms with van der Waals surface area (Å²) < 4.78 is 5.03. The lowest BCUT2D eigenvalue weighted by Gasteiger charge is -2.06. The first-order chi connectivity index (χ1) is 11.6. The molecular weight excluding hydrogens is 300 g/mol. The molecule has 0 amide bonds. The Morgan fingerprint density at radius 1 is 0.708 bits per heavy atom. The lowest BCUT2D eigenvalue weighted by Crippen LogP contribution is -2.04. The molecule has 3 heteroatoms. The van der Waals surface area contributed by atoms with E-state index in [1.54, 1.807) is 24.3 Å². The van der Waals surface area contributed by atoms with Crippen LogP contribution in [0.4, 0.5) is 0 Å². The summed E-state index contributed by atoms with van der Waals surface area (Å²) in [6.45, 7) is 1.33. The predicted octanol–water partition coefficient (Wildman–Crippen LogP) is 4.51. The van der Waals surface area contributed by atoms with Crippen LogP contribution in [0.15, 0.2) is 78.9 Å². The molecular formula is C21H16O3. The molecule has 24 heavy (non-hydrogen) atoms. The average Bonchev–Trinajstić information content (AvgIpc) is 2.62. The molecule has 0 N–H and O–H groups in total. The van der Waals surface area contributed by atoms with Gasteiger partial charge in [-0.1, -0.05) is 66.7 Å². The number of rotatable bonds is 4. The Bertz CT molecular complexity index is 865. The Morgan fingerprint density at radius 2 is 1.38 bits per heavy atom. The summed E-state index contributed by atoms with van der Waals surface area (Å²) in [5.41, 5.74) is 3.24. The van der Waals surface area contributed by atoms with Crippen LogP contribution in [0.1, 0.15) is 22.8 Å². The number of hydrogen-bond acceptors (Lipinski definition) is 3. The highest BCUT2D eigenvalue weighted by Crippen LogP contribution is 2.21. The molecule has 0 aliphatic carbocycles. The van der Waals surface area contributed by atoms with Crippen LogP contribution in [0.25, 0.3) is 11.1 Å². The minimum absolute atomic E-state index is 0.108. The lowest BCUT2D eigenvalue weighted by atomic mass is 9.99. The van der Waals surface area contributed by atoms with Crippen LogP contribution in [-0.2, 0) is 4.79 Å². The van der Waals surface area contributed by atoms with Gasteiger partial charge < -0.3 is 4.74 Å². The second-order valence-corrected chi connectivity index (χ2v) is 5.39. The topological polar surface area (TPSA) is 43.4 Å². The van der Waals surface area contributed by atoms with Crippen molar-refractivity contribution in [1.29, 1.82) is 0 Å². The van der Waals surface area contributed by atoms with Gasteiger partial charge in [-0.2, -0.15) is 0 Å². The van der Waals surface area contributed by atoms with Crippen molar-refractivity contribution in [2.45, 2.75) is 6.92 Å². The molecule has 0 saturated heterocycles. The normalized spacial score (nSPS) is 10.2. The largest absolute Gasteiger partial charge is 0.427 e. The fourth-order valence-electron chi connectivity index (χ4n) is 2.48. The molecule has 0 bridgehead atoms. The maximum Gasteiger partial charge on any atom is 0.308 e. The molecule has 0 unspecified atom stereocenters. The molecule has 3 aromatic rings. The van der Waals surface area contributed by atoms with E-state index in [-0.39, 0.29) is 5.78 Å². The number of ketones is 1. The molecule has 0 heterocycles. The minimum atomic E-state index is -0.410. The van der Waals surface area contributed by atoms with Crippen LogP contribution < -0.4 is 4.74 Å². The van der Waals surface area contributed by atoms with E-state index in [9.17, 15) is 9.59 Å². The third-order valence-corrected chi connectivity index (χ3v) is 3.61. The maximum absolute atomic E-state index is 12.6. The van der Waals surface area contributed by atoms with Crippen LogP contribution in [0.3, 0.4) is 0 Å². The number of carbonyl (C=O) groups is 2. The van der Waals surface area contributed by atoms with Gasteiger partial charge >= 0.3 is 5.97 Å². The molecule has 0 spiro atoms. The second-order valence-electron chi connectivity index (χ2n) is 5.39. The van der Waals surface area contributed by atoms with Crippen LogP contribution in [-0.4, -0.2) is 11.8 Å². The van der Waals surface area contributed by atoms with E-state index in [1.165, 1.54) is 6.92 Å². The van der Waals surface area contributed by atoms with Crippen molar-refractivity contribution in [3.05, 3.63) is 90.0 Å². The van der Waals surface area contributed by atoms with Gasteiger partial charge in [0.05, 0.1) is 0 Å². The average molecular weight is 316 g/mol. The molecule has 3 aromatic carbocycles. The van der Waals surface area contributed by atoms with Crippen LogP contribution in [0.5, 0.6) is 5.75 Å². The maximum atomic E-state index is 12.6. The summed E-state index contributed by atoms with van der Waals surface area (Å²) in [5.74, 6) is -0.148. The highest BCUT2D eigenvalue weighted by Gasteiger charge is 2.11. The Morgan fingerprint density at radius 3 is 2.04 bits per heavy atom. The number of carbonyl (C=O) groups excluding carboxylic acids is 2. The van der Waals surface area contributed by atoms with Crippen molar-refractivity contribution in [3.63, 3.8) is 0 Å². The number of benzene rings is 3. The third-order valence-electron chi connectivity index (χ3n) is 3.61. The van der Waals surface area contributed by atoms with Gasteiger partial charge in [-0.15, -0.1) is 0 Å². The molecule has 3 rings (SSSR count). The van der Waals surface area contributed by atoms with E-state index in [1.807, 2.05) is 54.6 Å². The monoisotopic (exact) mass is 316 g/mol. The van der Waals surface area contributed by atoms with E-state index < -0.39 is 5.97 Å². The first-order valence-corrected chi connectivity index (χ1v) is 7.62. The zero-order valence-corrected chi connectivity index (χ0v) is 13.2. The summed E-state index contributed by atoms with van der Waals surface area (Å²) in [6, 6.07) is 24.1. The van der Waals surface area contributed by atoms with Crippen molar-refractivity contribution in [2.24, 2.45) is 0 Å². The molecule has 0 fully saturated rings. The van der Waals surface area contributed by atoms with Gasteiger partial charge in [0.1, 0.15) is 5.75 Å². The molecule has 0 aliphatic rings. The van der Waals surface area contributed by atoms with Gasteiger partial charge in [0.15, 0.2) is 5.78 Å². The van der Waals surface area contributed by atoms with Gasteiger partial charge in [-0.05, 0) is 23.3 Å². The van der Waals surface area contributed by atoms with Crippen molar-refractivity contribution in [2.75, 3.05) is 0 Å². The zero-order valence-electron chi connectivity index (χ0n) is 13.2. The standard InChI is InChI=1S/C21H16O3/c1-15(22)24-20-9-5-8-19(14-20)21(23)18-12-10-17(11-13-18)16-6-3-2-4-7-16/h2-14H,1H3. The van der Waals surface area contributed by atoms with E-state index >= 15 is 0 Å². The fraction of sp³-hybridized carbons (Fsp3) is 0.0476. The molecule has 0 radical (unpaired) electrons. The van der Waals surface area contributed by atoms with Gasteiger partial charge in [0.25, 0.3) is 0 Å². The smallest absolute Gasteiger partial charge is 0.308 e. The molecule has 0 aromatic heterocycles. The van der Waals surface area contributed by atoms with Gasteiger partial charge in [0.2, 0.25) is 0 Å². The minimum Gasteiger partial charge on any atom is -0.427 e. The van der Waals surface area contributed by atoms with Gasteiger partial charge in [-0.3, -0.25) is 9.59 Å². The highest BCUT2D eigenvalue weighted by atomic mass is 16.5. The Kier molecular flexibility index (Phi) is 4.52. The predicted molar refractivity (Wildman–Crippen MR) is 93.1 cm³/mol. The zero-order chi connectivity index (χ0) is 16.9. The second kappa shape index (κ2) is 6.92. The van der Waals surface area contributed by atoms with E-state index in [0.29, 0.717) is 16.9 Å². The molecule has 0 atom stereocenters. The summed E-state index contributed by atoms with van der Waals surface area (Å²) in [7, 11) is 0. The SMILES string of the molecule is CC(=O)Oc1cccc(C(=O)c2ccc(-c3ccccc3)cc2)c1. The van der Waals surface area contributed by atoms with Crippen molar-refractivity contribution in [1.82, 2.24) is 0 Å². The van der Waals surface area contributed by atoms with Crippen molar-refractivity contribution >= 4 is 11.8 Å². The van der Waals surface area contributed by atoms with E-state index in [4.69, 9.17) is 4.74 Å². The lowest BCUT2D eigenvalue weighted by molar-refractivity contribution is -0.131. The van der Waals surface area contributed by atoms with Gasteiger partial charge in [0, 0.05) is 18.1 Å². The first kappa shape index (κ1) is 15.7. The summed E-state index contributed by atoms with van der Waals surface area (Å²) in [6.07, 6.45) is 0. The van der Waals surface area contributed by atoms with Crippen LogP contribution >= 0.6 is 0 Å². The van der Waals surface area contributed by atoms with Crippen LogP contribution in [0, 0.1) is 0 Å². The quantitative estimate of drug-likeness (QED) is 0.404. The van der Waals surface area contributed by atoms with E-state index in [2.05, 4.69) is 0 Å². The fourth-order valence-corrected chi connectivity index (χ4v) is 2.48. The van der Waals surface area contributed by atoms with Gasteiger partial charge in [-0.25, -0.2) is 0 Å². The number of esters is 1. The van der Waals surface area contributed by atoms with Crippen molar-refractivity contribution in [3.8, 4) is 16.9 Å². The number of hydrogen-bond donors (Lipinski definition) is 0. The first-order valence-electron chi connectivity index (χ1n) is 7.62. The Hall–Kier alpha value is -3.20. The third kappa shape index (κ3) is 3.58. The Labute approximate surface area is 140 Å². The summed E-state index contributed by atoms with van der Waals surface area (Å²) >= 11 is 0. The molecule has 0 aliphatic heterocycles. The van der Waals surface area contributed by atoms with Crippen molar-refractivity contribution < 1.29 is 14.3 Å². The highest BCUT2D eigenvalue weighted by molar-refractivity contribution is 6.09. The summed E-state index contributed by atoms with van der Waals surface area (Å²) in [4.78, 5) is 23.6. The molecule has 118 valence electrons.